The van der Waals surface area contributed by atoms with Gasteiger partial charge in [0.2, 0.25) is 0 Å². The number of carbonyl (C=O) groups excluding carboxylic acids is 1. The lowest BCUT2D eigenvalue weighted by atomic mass is 10.0. The van der Waals surface area contributed by atoms with Crippen LogP contribution >= 0.6 is 11.6 Å². The van der Waals surface area contributed by atoms with E-state index in [0.717, 1.165) is 25.9 Å². The quantitative estimate of drug-likeness (QED) is 0.755. The van der Waals surface area contributed by atoms with Gasteiger partial charge in [0, 0.05) is 25.7 Å². The number of aryl methyl sites for hydroxylation is 1. The predicted octanol–water partition coefficient (Wildman–Crippen LogP) is 0.558. The van der Waals surface area contributed by atoms with Crippen LogP contribution in [0, 0.1) is 6.92 Å². The average molecular weight is 287 g/mol. The molecular weight excluding hydrogens is 268 g/mol. The number of aromatic nitrogens is 2. The number of aliphatic hydroxyl groups excluding tert-OH is 1. The number of likely N-dealkylation sites (tertiary alicyclic amines) is 1. The molecule has 0 spiro atoms. The number of H-pyrrole nitrogens is 1. The Hall–Kier alpha value is -1.11. The van der Waals surface area contributed by atoms with E-state index in [1.165, 1.54) is 0 Å². The number of nitrogens with one attached hydrogen (secondary N) is 2. The fourth-order valence-corrected chi connectivity index (χ4v) is 2.43. The third-order valence-electron chi connectivity index (χ3n) is 3.43. The molecule has 3 N–H and O–H groups in total. The summed E-state index contributed by atoms with van der Waals surface area (Å²) < 4.78 is 0. The van der Waals surface area contributed by atoms with Crippen molar-refractivity contribution < 1.29 is 9.90 Å². The highest BCUT2D eigenvalue weighted by Gasteiger charge is 2.23. The van der Waals surface area contributed by atoms with Crippen molar-refractivity contribution in [1.82, 2.24) is 20.4 Å². The summed E-state index contributed by atoms with van der Waals surface area (Å²) in [5, 5.41) is 18.8. The lowest BCUT2D eigenvalue weighted by molar-refractivity contribution is 0.0898. The van der Waals surface area contributed by atoms with Gasteiger partial charge in [-0.1, -0.05) is 11.6 Å². The van der Waals surface area contributed by atoms with E-state index in [9.17, 15) is 4.79 Å². The fraction of sp³-hybridized carbons (Fsp3) is 0.667. The van der Waals surface area contributed by atoms with E-state index in [4.69, 9.17) is 16.7 Å². The van der Waals surface area contributed by atoms with E-state index < -0.39 is 0 Å². The van der Waals surface area contributed by atoms with Gasteiger partial charge in [0.25, 0.3) is 5.91 Å². The molecule has 6 nitrogen and oxygen atoms in total. The molecule has 0 saturated carbocycles. The van der Waals surface area contributed by atoms with Crippen LogP contribution in [0.2, 0.25) is 5.02 Å². The molecule has 1 aliphatic heterocycles. The van der Waals surface area contributed by atoms with Gasteiger partial charge in [0.05, 0.1) is 17.3 Å². The zero-order chi connectivity index (χ0) is 13.8. The lowest BCUT2D eigenvalue weighted by Gasteiger charge is -2.31. The van der Waals surface area contributed by atoms with Gasteiger partial charge in [-0.3, -0.25) is 9.89 Å². The number of nitrogens with zero attached hydrogens (tertiary/aromatic N) is 2. The highest BCUT2D eigenvalue weighted by molar-refractivity contribution is 6.34. The van der Waals surface area contributed by atoms with Crippen molar-refractivity contribution in [1.29, 1.82) is 0 Å². The maximum absolute atomic E-state index is 12.0. The molecule has 0 bridgehead atoms. The number of rotatable bonds is 4. The molecule has 1 aromatic heterocycles. The summed E-state index contributed by atoms with van der Waals surface area (Å²) in [5.74, 6) is -0.227. The van der Waals surface area contributed by atoms with Crippen LogP contribution in [0.4, 0.5) is 0 Å². The Labute approximate surface area is 117 Å². The van der Waals surface area contributed by atoms with Gasteiger partial charge < -0.3 is 15.3 Å². The summed E-state index contributed by atoms with van der Waals surface area (Å²) in [6.45, 7) is 4.43. The first-order valence-corrected chi connectivity index (χ1v) is 6.84. The Morgan fingerprint density at radius 3 is 2.79 bits per heavy atom. The minimum Gasteiger partial charge on any atom is -0.395 e. The minimum atomic E-state index is -0.227. The zero-order valence-corrected chi connectivity index (χ0v) is 11.7. The maximum atomic E-state index is 12.0. The summed E-state index contributed by atoms with van der Waals surface area (Å²) in [5.41, 5.74) is 0.960. The molecule has 0 unspecified atom stereocenters. The highest BCUT2D eigenvalue weighted by Crippen LogP contribution is 2.18. The number of aliphatic hydroxyl groups is 1. The second-order valence-electron chi connectivity index (χ2n) is 4.82. The molecule has 2 rings (SSSR count). The molecule has 1 saturated heterocycles. The Kier molecular flexibility index (Phi) is 4.79. The molecule has 0 aliphatic carbocycles. The number of amides is 1. The molecule has 1 fully saturated rings. The summed E-state index contributed by atoms with van der Waals surface area (Å²) in [6, 6.07) is 0.149. The second kappa shape index (κ2) is 6.36. The van der Waals surface area contributed by atoms with E-state index >= 15 is 0 Å². The summed E-state index contributed by atoms with van der Waals surface area (Å²) in [4.78, 5) is 14.2. The number of piperidine rings is 1. The van der Waals surface area contributed by atoms with Crippen LogP contribution in [-0.4, -0.2) is 58.4 Å². The largest absolute Gasteiger partial charge is 0.395 e. The van der Waals surface area contributed by atoms with E-state index in [1.54, 1.807) is 6.92 Å². The third kappa shape index (κ3) is 3.46. The van der Waals surface area contributed by atoms with Crippen LogP contribution in [0.5, 0.6) is 0 Å². The number of carbonyl (C=O) groups is 1. The van der Waals surface area contributed by atoms with Crippen LogP contribution in [0.15, 0.2) is 0 Å². The molecule has 1 aromatic rings. The van der Waals surface area contributed by atoms with Crippen molar-refractivity contribution in [2.45, 2.75) is 25.8 Å². The van der Waals surface area contributed by atoms with Gasteiger partial charge in [0.1, 0.15) is 0 Å². The molecule has 0 aromatic carbocycles. The Balaban J connectivity index is 1.86. The van der Waals surface area contributed by atoms with Crippen LogP contribution in [0.3, 0.4) is 0 Å². The van der Waals surface area contributed by atoms with E-state index in [0.29, 0.717) is 17.3 Å². The number of halogens is 1. The van der Waals surface area contributed by atoms with Crippen molar-refractivity contribution in [2.75, 3.05) is 26.2 Å². The van der Waals surface area contributed by atoms with E-state index in [1.807, 2.05) is 0 Å². The number of β-amino-alcohol motifs (C(OH)–C–C–N with tert-alkyl or cyclic N) is 1. The molecular formula is C12H19ClN4O2. The first-order valence-electron chi connectivity index (χ1n) is 6.46. The number of hydrogen-bond acceptors (Lipinski definition) is 4. The SMILES string of the molecule is Cc1[nH]nc(C(=O)NC2CCN(CCO)CC2)c1Cl. The summed E-state index contributed by atoms with van der Waals surface area (Å²) >= 11 is 6.00. The Morgan fingerprint density at radius 2 is 2.26 bits per heavy atom. The standard InChI is InChI=1S/C12H19ClN4O2/c1-8-10(13)11(16-15-8)12(19)14-9-2-4-17(5-3-9)6-7-18/h9,18H,2-7H2,1H3,(H,14,19)(H,15,16). The van der Waals surface area contributed by atoms with Gasteiger partial charge in [-0.25, -0.2) is 0 Å². The van der Waals surface area contributed by atoms with Crippen molar-refractivity contribution in [2.24, 2.45) is 0 Å². The molecule has 19 heavy (non-hydrogen) atoms. The molecule has 1 aliphatic rings. The molecule has 0 radical (unpaired) electrons. The predicted molar refractivity (Wildman–Crippen MR) is 72.3 cm³/mol. The monoisotopic (exact) mass is 286 g/mol. The van der Waals surface area contributed by atoms with E-state index in [2.05, 4.69) is 20.4 Å². The number of hydrogen-bond donors (Lipinski definition) is 3. The Morgan fingerprint density at radius 1 is 1.58 bits per heavy atom. The smallest absolute Gasteiger partial charge is 0.273 e. The normalized spacial score (nSPS) is 17.6. The first kappa shape index (κ1) is 14.3. The molecule has 106 valence electrons. The second-order valence-corrected chi connectivity index (χ2v) is 5.20. The van der Waals surface area contributed by atoms with Gasteiger partial charge in [-0.2, -0.15) is 5.10 Å². The molecule has 2 heterocycles. The summed E-state index contributed by atoms with van der Waals surface area (Å²) in [7, 11) is 0. The first-order chi connectivity index (χ1) is 9.11. The topological polar surface area (TPSA) is 81.2 Å². The van der Waals surface area contributed by atoms with Crippen molar-refractivity contribution in [3.05, 3.63) is 16.4 Å². The molecule has 1 amide bonds. The number of aromatic amines is 1. The fourth-order valence-electron chi connectivity index (χ4n) is 2.26. The van der Waals surface area contributed by atoms with Gasteiger partial charge in [-0.15, -0.1) is 0 Å². The summed E-state index contributed by atoms with van der Waals surface area (Å²) in [6.07, 6.45) is 1.76. The van der Waals surface area contributed by atoms with Gasteiger partial charge >= 0.3 is 0 Å². The van der Waals surface area contributed by atoms with Crippen LogP contribution < -0.4 is 5.32 Å². The highest BCUT2D eigenvalue weighted by atomic mass is 35.5. The van der Waals surface area contributed by atoms with Crippen molar-refractivity contribution >= 4 is 17.5 Å². The average Bonchev–Trinajstić information content (AvgIpc) is 2.73. The maximum Gasteiger partial charge on any atom is 0.273 e. The van der Waals surface area contributed by atoms with Crippen LogP contribution in [-0.2, 0) is 0 Å². The van der Waals surface area contributed by atoms with Crippen LogP contribution in [0.1, 0.15) is 29.0 Å². The molecule has 7 heteroatoms. The zero-order valence-electron chi connectivity index (χ0n) is 10.9. The lowest BCUT2D eigenvalue weighted by Crippen LogP contribution is -2.45. The Bertz CT molecular complexity index is 441. The third-order valence-corrected chi connectivity index (χ3v) is 3.89. The van der Waals surface area contributed by atoms with Crippen molar-refractivity contribution in [3.8, 4) is 0 Å². The minimum absolute atomic E-state index is 0.149. The van der Waals surface area contributed by atoms with Crippen LogP contribution in [0.25, 0.3) is 0 Å². The van der Waals surface area contributed by atoms with Gasteiger partial charge in [0.15, 0.2) is 5.69 Å². The van der Waals surface area contributed by atoms with E-state index in [-0.39, 0.29) is 24.2 Å². The molecule has 0 atom stereocenters. The van der Waals surface area contributed by atoms with Gasteiger partial charge in [-0.05, 0) is 19.8 Å². The van der Waals surface area contributed by atoms with Crippen molar-refractivity contribution in [3.63, 3.8) is 0 Å².